The smallest absolute Gasteiger partial charge is 0.273 e. The summed E-state index contributed by atoms with van der Waals surface area (Å²) in [5.41, 5.74) is 1.49. The van der Waals surface area contributed by atoms with Crippen molar-refractivity contribution in [2.24, 2.45) is 5.92 Å². The van der Waals surface area contributed by atoms with E-state index < -0.39 is 0 Å². The molecule has 2 amide bonds. The van der Waals surface area contributed by atoms with Crippen molar-refractivity contribution in [2.45, 2.75) is 26.3 Å². The molecule has 0 bridgehead atoms. The van der Waals surface area contributed by atoms with Gasteiger partial charge in [-0.25, -0.2) is 4.98 Å². The van der Waals surface area contributed by atoms with Crippen LogP contribution in [0.15, 0.2) is 29.3 Å². The number of piperidine rings is 1. The van der Waals surface area contributed by atoms with Gasteiger partial charge in [-0.05, 0) is 37.5 Å². The van der Waals surface area contributed by atoms with Crippen LogP contribution in [0.3, 0.4) is 0 Å². The lowest BCUT2D eigenvalue weighted by atomic mass is 9.98. The van der Waals surface area contributed by atoms with Gasteiger partial charge in [0.05, 0.1) is 5.92 Å². The highest BCUT2D eigenvalue weighted by atomic mass is 35.5. The van der Waals surface area contributed by atoms with Crippen molar-refractivity contribution in [3.8, 4) is 0 Å². The third-order valence-electron chi connectivity index (χ3n) is 5.47. The molecule has 2 N–H and O–H groups in total. The molecule has 0 saturated carbocycles. The van der Waals surface area contributed by atoms with E-state index in [0.717, 1.165) is 24.9 Å². The Hall–Kier alpha value is -2.98. The molecule has 1 aromatic carbocycles. The van der Waals surface area contributed by atoms with Crippen LogP contribution in [-0.2, 0) is 16.1 Å². The summed E-state index contributed by atoms with van der Waals surface area (Å²) in [6.45, 7) is 3.00. The molecule has 1 atom stereocenters. The predicted molar refractivity (Wildman–Crippen MR) is 125 cm³/mol. The molecule has 1 saturated heterocycles. The van der Waals surface area contributed by atoms with Crippen LogP contribution in [0.25, 0.3) is 10.3 Å². The molecular formula is C21H23ClN6O3S. The highest BCUT2D eigenvalue weighted by Crippen LogP contribution is 2.29. The van der Waals surface area contributed by atoms with Crippen molar-refractivity contribution in [1.29, 1.82) is 0 Å². The largest absolute Gasteiger partial charge is 0.359 e. The SMILES string of the molecule is CNC(=O)C1CCCN(c2nc3ncn(CC(=O)Nc4cc(Cl)ccc4C)c(=O)c3s2)C1. The Kier molecular flexibility index (Phi) is 6.43. The average molecular weight is 475 g/mol. The van der Waals surface area contributed by atoms with E-state index in [1.807, 2.05) is 17.9 Å². The van der Waals surface area contributed by atoms with Crippen molar-refractivity contribution in [3.63, 3.8) is 0 Å². The number of nitrogens with one attached hydrogen (secondary N) is 2. The molecule has 3 aromatic rings. The Labute approximate surface area is 193 Å². The second-order valence-corrected chi connectivity index (χ2v) is 9.15. The first-order valence-corrected chi connectivity index (χ1v) is 11.4. The van der Waals surface area contributed by atoms with E-state index in [4.69, 9.17) is 11.6 Å². The maximum atomic E-state index is 13.0. The molecule has 2 aromatic heterocycles. The number of carbonyl (C=O) groups is 2. The molecular weight excluding hydrogens is 452 g/mol. The summed E-state index contributed by atoms with van der Waals surface area (Å²) in [5, 5.41) is 6.66. The summed E-state index contributed by atoms with van der Waals surface area (Å²) in [7, 11) is 1.63. The fraction of sp³-hybridized carbons (Fsp3) is 0.381. The molecule has 9 nitrogen and oxygen atoms in total. The number of amides is 2. The van der Waals surface area contributed by atoms with Crippen LogP contribution in [0, 0.1) is 12.8 Å². The minimum atomic E-state index is -0.354. The van der Waals surface area contributed by atoms with E-state index >= 15 is 0 Å². The molecule has 0 radical (unpaired) electrons. The summed E-state index contributed by atoms with van der Waals surface area (Å²) in [6.07, 6.45) is 3.03. The van der Waals surface area contributed by atoms with Crippen LogP contribution in [-0.4, -0.2) is 46.5 Å². The van der Waals surface area contributed by atoms with Gasteiger partial charge in [-0.3, -0.25) is 19.0 Å². The highest BCUT2D eigenvalue weighted by molar-refractivity contribution is 7.22. The lowest BCUT2D eigenvalue weighted by Gasteiger charge is -2.31. The minimum Gasteiger partial charge on any atom is -0.359 e. The van der Waals surface area contributed by atoms with Gasteiger partial charge in [0.15, 0.2) is 10.8 Å². The third kappa shape index (κ3) is 4.61. The van der Waals surface area contributed by atoms with Gasteiger partial charge in [0.2, 0.25) is 11.8 Å². The van der Waals surface area contributed by atoms with Crippen molar-refractivity contribution in [3.05, 3.63) is 45.5 Å². The van der Waals surface area contributed by atoms with Crippen molar-refractivity contribution < 1.29 is 9.59 Å². The first-order chi connectivity index (χ1) is 15.4. The van der Waals surface area contributed by atoms with Crippen LogP contribution >= 0.6 is 22.9 Å². The molecule has 1 unspecified atom stereocenters. The maximum absolute atomic E-state index is 13.0. The van der Waals surface area contributed by atoms with Gasteiger partial charge < -0.3 is 15.5 Å². The topological polar surface area (TPSA) is 109 Å². The fourth-order valence-corrected chi connectivity index (χ4v) is 4.90. The highest BCUT2D eigenvalue weighted by Gasteiger charge is 2.27. The number of carbonyl (C=O) groups excluding carboxylic acids is 2. The Morgan fingerprint density at radius 3 is 2.94 bits per heavy atom. The average Bonchev–Trinajstić information content (AvgIpc) is 3.23. The first-order valence-electron chi connectivity index (χ1n) is 10.2. The number of thiazole rings is 1. The number of aromatic nitrogens is 3. The molecule has 1 aliphatic heterocycles. The summed E-state index contributed by atoms with van der Waals surface area (Å²) in [6, 6.07) is 5.22. The van der Waals surface area contributed by atoms with Gasteiger partial charge in [-0.1, -0.05) is 29.0 Å². The van der Waals surface area contributed by atoms with Gasteiger partial charge in [-0.15, -0.1) is 0 Å². The normalized spacial score (nSPS) is 16.2. The van der Waals surface area contributed by atoms with Crippen molar-refractivity contribution in [2.75, 3.05) is 30.4 Å². The van der Waals surface area contributed by atoms with E-state index in [0.29, 0.717) is 32.7 Å². The molecule has 3 heterocycles. The van der Waals surface area contributed by atoms with Gasteiger partial charge in [0.1, 0.15) is 17.6 Å². The number of rotatable bonds is 5. The number of hydrogen-bond donors (Lipinski definition) is 2. The van der Waals surface area contributed by atoms with Crippen LogP contribution in [0.4, 0.5) is 10.8 Å². The van der Waals surface area contributed by atoms with E-state index in [1.54, 1.807) is 19.2 Å². The number of fused-ring (bicyclic) bond motifs is 1. The maximum Gasteiger partial charge on any atom is 0.273 e. The molecule has 32 heavy (non-hydrogen) atoms. The summed E-state index contributed by atoms with van der Waals surface area (Å²) in [4.78, 5) is 48.3. The van der Waals surface area contributed by atoms with Crippen LogP contribution < -0.4 is 21.1 Å². The summed E-state index contributed by atoms with van der Waals surface area (Å²) < 4.78 is 1.65. The Bertz CT molecular complexity index is 1240. The number of aryl methyl sites for hydroxylation is 1. The lowest BCUT2D eigenvalue weighted by molar-refractivity contribution is -0.124. The van der Waals surface area contributed by atoms with Gasteiger partial charge >= 0.3 is 0 Å². The number of anilines is 2. The predicted octanol–water partition coefficient (Wildman–Crippen LogP) is 2.42. The van der Waals surface area contributed by atoms with E-state index in [1.165, 1.54) is 22.2 Å². The minimum absolute atomic E-state index is 0.0113. The molecule has 168 valence electrons. The van der Waals surface area contributed by atoms with Crippen molar-refractivity contribution >= 4 is 55.9 Å². The summed E-state index contributed by atoms with van der Waals surface area (Å²) in [5.74, 6) is -0.450. The van der Waals surface area contributed by atoms with E-state index in [9.17, 15) is 14.4 Å². The summed E-state index contributed by atoms with van der Waals surface area (Å²) >= 11 is 7.24. The lowest BCUT2D eigenvalue weighted by Crippen LogP contribution is -2.42. The van der Waals surface area contributed by atoms with Crippen LogP contribution in [0.2, 0.25) is 5.02 Å². The zero-order valence-electron chi connectivity index (χ0n) is 17.7. The molecule has 11 heteroatoms. The second kappa shape index (κ2) is 9.25. The van der Waals surface area contributed by atoms with E-state index in [2.05, 4.69) is 20.6 Å². The number of benzene rings is 1. The zero-order valence-corrected chi connectivity index (χ0v) is 19.3. The fourth-order valence-electron chi connectivity index (χ4n) is 3.73. The van der Waals surface area contributed by atoms with Crippen LogP contribution in [0.5, 0.6) is 0 Å². The molecule has 4 rings (SSSR count). The number of hydrogen-bond acceptors (Lipinski definition) is 7. The first kappa shape index (κ1) is 22.2. The number of halogens is 1. The molecule has 0 aliphatic carbocycles. The Balaban J connectivity index is 1.53. The monoisotopic (exact) mass is 474 g/mol. The van der Waals surface area contributed by atoms with E-state index in [-0.39, 0.29) is 29.8 Å². The van der Waals surface area contributed by atoms with Gasteiger partial charge in [0.25, 0.3) is 5.56 Å². The van der Waals surface area contributed by atoms with Gasteiger partial charge in [0, 0.05) is 30.8 Å². The van der Waals surface area contributed by atoms with Crippen LogP contribution in [0.1, 0.15) is 18.4 Å². The third-order valence-corrected chi connectivity index (χ3v) is 6.80. The molecule has 0 spiro atoms. The standard InChI is InChI=1S/C21H23ClN6O3S/c1-12-5-6-14(22)8-15(12)25-16(29)10-28-11-24-18-17(20(28)31)32-21(26-18)27-7-3-4-13(9-27)19(30)23-2/h5-6,8,11,13H,3-4,7,9-10H2,1-2H3,(H,23,30)(H,25,29). The molecule has 1 aliphatic rings. The van der Waals surface area contributed by atoms with Crippen molar-refractivity contribution in [1.82, 2.24) is 19.9 Å². The molecule has 1 fully saturated rings. The Morgan fingerprint density at radius 1 is 1.34 bits per heavy atom. The quantitative estimate of drug-likeness (QED) is 0.587. The number of nitrogens with zero attached hydrogens (tertiary/aromatic N) is 4. The van der Waals surface area contributed by atoms with Gasteiger partial charge in [-0.2, -0.15) is 4.98 Å². The zero-order chi connectivity index (χ0) is 22.8. The Morgan fingerprint density at radius 2 is 2.16 bits per heavy atom. The second-order valence-electron chi connectivity index (χ2n) is 7.73.